The highest BCUT2D eigenvalue weighted by atomic mass is 16.4. The van der Waals surface area contributed by atoms with Gasteiger partial charge in [-0.15, -0.1) is 0 Å². The predicted octanol–water partition coefficient (Wildman–Crippen LogP) is 3.85. The molecule has 2 atom stereocenters. The summed E-state index contributed by atoms with van der Waals surface area (Å²) in [7, 11) is 0. The van der Waals surface area contributed by atoms with E-state index in [0.717, 1.165) is 12.3 Å². The zero-order valence-corrected chi connectivity index (χ0v) is 9.87. The summed E-state index contributed by atoms with van der Waals surface area (Å²) in [5.41, 5.74) is 0. The molecule has 0 radical (unpaired) electrons. The van der Waals surface area contributed by atoms with E-state index in [-0.39, 0.29) is 0 Å². The van der Waals surface area contributed by atoms with Crippen LogP contribution < -0.4 is 0 Å². The van der Waals surface area contributed by atoms with Crippen LogP contribution in [-0.2, 0) is 4.79 Å². The third kappa shape index (κ3) is 5.19. The summed E-state index contributed by atoms with van der Waals surface area (Å²) >= 11 is 0. The lowest BCUT2D eigenvalue weighted by molar-refractivity contribution is -0.138. The maximum Gasteiger partial charge on any atom is 0.303 e. The minimum Gasteiger partial charge on any atom is -0.481 e. The van der Waals surface area contributed by atoms with Gasteiger partial charge in [0.1, 0.15) is 0 Å². The molecule has 0 spiro atoms. The SMILES string of the molecule is CCCCCCC1CCC(CC(=O)O)C1. The van der Waals surface area contributed by atoms with Crippen molar-refractivity contribution in [3.63, 3.8) is 0 Å². The van der Waals surface area contributed by atoms with E-state index in [9.17, 15) is 4.79 Å². The van der Waals surface area contributed by atoms with Crippen molar-refractivity contribution in [3.05, 3.63) is 0 Å². The van der Waals surface area contributed by atoms with Crippen molar-refractivity contribution in [3.8, 4) is 0 Å². The van der Waals surface area contributed by atoms with E-state index >= 15 is 0 Å². The highest BCUT2D eigenvalue weighted by Crippen LogP contribution is 2.35. The Kier molecular flexibility index (Phi) is 5.74. The highest BCUT2D eigenvalue weighted by molar-refractivity contribution is 5.67. The Balaban J connectivity index is 2.05. The molecule has 0 heterocycles. The first-order valence-corrected chi connectivity index (χ1v) is 6.44. The molecule has 1 N–H and O–H groups in total. The lowest BCUT2D eigenvalue weighted by atomic mass is 9.97. The van der Waals surface area contributed by atoms with Gasteiger partial charge in [0.2, 0.25) is 0 Å². The van der Waals surface area contributed by atoms with Gasteiger partial charge in [-0.2, -0.15) is 0 Å². The van der Waals surface area contributed by atoms with Gasteiger partial charge < -0.3 is 5.11 Å². The smallest absolute Gasteiger partial charge is 0.303 e. The van der Waals surface area contributed by atoms with Crippen LogP contribution in [0.15, 0.2) is 0 Å². The van der Waals surface area contributed by atoms with Crippen molar-refractivity contribution in [1.82, 2.24) is 0 Å². The first-order valence-electron chi connectivity index (χ1n) is 6.44. The summed E-state index contributed by atoms with van der Waals surface area (Å²) < 4.78 is 0. The van der Waals surface area contributed by atoms with Crippen molar-refractivity contribution >= 4 is 5.97 Å². The summed E-state index contributed by atoms with van der Waals surface area (Å²) in [5.74, 6) is 0.677. The Labute approximate surface area is 93.1 Å². The second-order valence-corrected chi connectivity index (χ2v) is 4.99. The highest BCUT2D eigenvalue weighted by Gasteiger charge is 2.25. The Hall–Kier alpha value is -0.530. The molecule has 15 heavy (non-hydrogen) atoms. The van der Waals surface area contributed by atoms with Gasteiger partial charge in [-0.3, -0.25) is 4.79 Å². The van der Waals surface area contributed by atoms with Crippen LogP contribution in [0.25, 0.3) is 0 Å². The average Bonchev–Trinajstić information content (AvgIpc) is 2.59. The molecule has 0 amide bonds. The maximum atomic E-state index is 10.6. The Morgan fingerprint density at radius 3 is 2.60 bits per heavy atom. The molecule has 1 aliphatic rings. The molecule has 1 rings (SSSR count). The number of hydrogen-bond donors (Lipinski definition) is 1. The van der Waals surface area contributed by atoms with Crippen LogP contribution in [0.5, 0.6) is 0 Å². The second-order valence-electron chi connectivity index (χ2n) is 4.99. The monoisotopic (exact) mass is 212 g/mol. The van der Waals surface area contributed by atoms with E-state index in [1.165, 1.54) is 44.9 Å². The van der Waals surface area contributed by atoms with Crippen LogP contribution in [0.1, 0.15) is 64.7 Å². The quantitative estimate of drug-likeness (QED) is 0.651. The Bertz CT molecular complexity index is 189. The lowest BCUT2D eigenvalue weighted by Gasteiger charge is -2.09. The van der Waals surface area contributed by atoms with Gasteiger partial charge in [-0.25, -0.2) is 0 Å². The van der Waals surface area contributed by atoms with Gasteiger partial charge in [-0.05, 0) is 24.7 Å². The summed E-state index contributed by atoms with van der Waals surface area (Å²) in [5, 5.41) is 8.71. The molecular formula is C13H24O2. The first-order chi connectivity index (χ1) is 7.22. The van der Waals surface area contributed by atoms with Crippen LogP contribution in [0, 0.1) is 11.8 Å². The summed E-state index contributed by atoms with van der Waals surface area (Å²) in [6, 6.07) is 0. The van der Waals surface area contributed by atoms with E-state index in [1.54, 1.807) is 0 Å². The number of carboxylic acid groups (broad SMARTS) is 1. The zero-order valence-electron chi connectivity index (χ0n) is 9.87. The van der Waals surface area contributed by atoms with Crippen molar-refractivity contribution in [2.75, 3.05) is 0 Å². The van der Waals surface area contributed by atoms with E-state index in [1.807, 2.05) is 0 Å². The summed E-state index contributed by atoms with van der Waals surface area (Å²) in [4.78, 5) is 10.6. The minimum atomic E-state index is -0.619. The standard InChI is InChI=1S/C13H24O2/c1-2-3-4-5-6-11-7-8-12(9-11)10-13(14)15/h11-12H,2-10H2,1H3,(H,14,15). The molecule has 1 fully saturated rings. The fourth-order valence-corrected chi connectivity index (χ4v) is 2.73. The maximum absolute atomic E-state index is 10.6. The molecule has 2 nitrogen and oxygen atoms in total. The summed E-state index contributed by atoms with van der Waals surface area (Å²) in [6.07, 6.45) is 10.7. The Morgan fingerprint density at radius 2 is 1.93 bits per heavy atom. The molecule has 1 aliphatic carbocycles. The van der Waals surface area contributed by atoms with E-state index < -0.39 is 5.97 Å². The number of aliphatic carboxylic acids is 1. The van der Waals surface area contributed by atoms with E-state index in [0.29, 0.717) is 12.3 Å². The van der Waals surface area contributed by atoms with Gasteiger partial charge in [-0.1, -0.05) is 45.4 Å². The topological polar surface area (TPSA) is 37.3 Å². The van der Waals surface area contributed by atoms with Gasteiger partial charge in [0.25, 0.3) is 0 Å². The number of unbranched alkanes of at least 4 members (excludes halogenated alkanes) is 3. The molecule has 2 heteroatoms. The van der Waals surface area contributed by atoms with Crippen LogP contribution in [0.3, 0.4) is 0 Å². The van der Waals surface area contributed by atoms with Gasteiger partial charge in [0.05, 0.1) is 0 Å². The minimum absolute atomic E-state index is 0.394. The third-order valence-corrected chi connectivity index (χ3v) is 3.58. The lowest BCUT2D eigenvalue weighted by Crippen LogP contribution is -2.04. The van der Waals surface area contributed by atoms with Crippen molar-refractivity contribution in [2.24, 2.45) is 11.8 Å². The van der Waals surface area contributed by atoms with Crippen molar-refractivity contribution in [1.29, 1.82) is 0 Å². The largest absolute Gasteiger partial charge is 0.481 e. The zero-order chi connectivity index (χ0) is 11.1. The van der Waals surface area contributed by atoms with Crippen LogP contribution in [-0.4, -0.2) is 11.1 Å². The molecule has 0 saturated heterocycles. The van der Waals surface area contributed by atoms with E-state index in [4.69, 9.17) is 5.11 Å². The normalized spacial score (nSPS) is 25.7. The fraction of sp³-hybridized carbons (Fsp3) is 0.923. The van der Waals surface area contributed by atoms with Crippen LogP contribution in [0.2, 0.25) is 0 Å². The molecule has 88 valence electrons. The van der Waals surface area contributed by atoms with Crippen molar-refractivity contribution < 1.29 is 9.90 Å². The number of rotatable bonds is 7. The fourth-order valence-electron chi connectivity index (χ4n) is 2.73. The second kappa shape index (κ2) is 6.86. The molecule has 0 aromatic carbocycles. The molecule has 2 unspecified atom stereocenters. The number of hydrogen-bond acceptors (Lipinski definition) is 1. The van der Waals surface area contributed by atoms with Gasteiger partial charge in [0, 0.05) is 6.42 Å². The van der Waals surface area contributed by atoms with Gasteiger partial charge in [0.15, 0.2) is 0 Å². The average molecular weight is 212 g/mol. The number of carbonyl (C=O) groups is 1. The predicted molar refractivity (Wildman–Crippen MR) is 61.8 cm³/mol. The molecule has 1 saturated carbocycles. The third-order valence-electron chi connectivity index (χ3n) is 3.58. The van der Waals surface area contributed by atoms with E-state index in [2.05, 4.69) is 6.92 Å². The van der Waals surface area contributed by atoms with Crippen LogP contribution in [0.4, 0.5) is 0 Å². The first kappa shape index (κ1) is 12.5. The molecule has 0 aromatic heterocycles. The summed E-state index contributed by atoms with van der Waals surface area (Å²) in [6.45, 7) is 2.23. The van der Waals surface area contributed by atoms with Crippen LogP contribution >= 0.6 is 0 Å². The molecule has 0 aromatic rings. The van der Waals surface area contributed by atoms with Crippen molar-refractivity contribution in [2.45, 2.75) is 64.7 Å². The number of carboxylic acids is 1. The van der Waals surface area contributed by atoms with Gasteiger partial charge >= 0.3 is 5.97 Å². The Morgan fingerprint density at radius 1 is 1.20 bits per heavy atom. The molecule has 0 aliphatic heterocycles. The molecular weight excluding hydrogens is 188 g/mol. The molecule has 0 bridgehead atoms.